The van der Waals surface area contributed by atoms with Gasteiger partial charge < -0.3 is 10.1 Å². The number of halogens is 1. The molecule has 0 saturated carbocycles. The van der Waals surface area contributed by atoms with Gasteiger partial charge in [-0.05, 0) is 42.5 Å². The Bertz CT molecular complexity index is 695. The van der Waals surface area contributed by atoms with Crippen molar-refractivity contribution in [2.24, 2.45) is 0 Å². The Balaban J connectivity index is 1.94. The van der Waals surface area contributed by atoms with E-state index in [9.17, 15) is 9.59 Å². The molecule has 0 spiro atoms. The molecule has 100 valence electrons. The van der Waals surface area contributed by atoms with E-state index in [-0.39, 0.29) is 18.3 Å². The van der Waals surface area contributed by atoms with Crippen LogP contribution in [0.15, 0.2) is 46.9 Å². The summed E-state index contributed by atoms with van der Waals surface area (Å²) in [5.74, 6) is 0.266. The molecule has 0 aliphatic carbocycles. The smallest absolute Gasteiger partial charge is 0.262 e. The summed E-state index contributed by atoms with van der Waals surface area (Å²) in [6, 6.07) is 12.2. The first-order valence-corrected chi connectivity index (χ1v) is 6.80. The van der Waals surface area contributed by atoms with Crippen molar-refractivity contribution in [3.8, 4) is 5.75 Å². The molecule has 1 aliphatic heterocycles. The minimum Gasteiger partial charge on any atom is -0.482 e. The van der Waals surface area contributed by atoms with Crippen LogP contribution in [-0.2, 0) is 4.79 Å². The first-order valence-electron chi connectivity index (χ1n) is 6.00. The number of fused-ring (bicyclic) bond motifs is 1. The van der Waals surface area contributed by atoms with E-state index in [2.05, 4.69) is 21.2 Å². The van der Waals surface area contributed by atoms with Crippen LogP contribution in [0.2, 0.25) is 0 Å². The third-order valence-corrected chi connectivity index (χ3v) is 3.51. The van der Waals surface area contributed by atoms with E-state index >= 15 is 0 Å². The molecule has 0 aromatic heterocycles. The van der Waals surface area contributed by atoms with Gasteiger partial charge in [-0.2, -0.15) is 0 Å². The number of hydrogen-bond acceptors (Lipinski definition) is 3. The maximum Gasteiger partial charge on any atom is 0.262 e. The van der Waals surface area contributed by atoms with Gasteiger partial charge in [-0.15, -0.1) is 0 Å². The van der Waals surface area contributed by atoms with Crippen molar-refractivity contribution >= 4 is 33.3 Å². The van der Waals surface area contributed by atoms with Gasteiger partial charge in [0.15, 0.2) is 12.4 Å². The molecule has 3 rings (SSSR count). The molecule has 4 nitrogen and oxygen atoms in total. The summed E-state index contributed by atoms with van der Waals surface area (Å²) in [5.41, 5.74) is 1.64. The first kappa shape index (κ1) is 12.9. The number of benzene rings is 2. The number of ether oxygens (including phenoxy) is 1. The molecular formula is C15H10BrNO3. The molecule has 2 aromatic rings. The molecule has 20 heavy (non-hydrogen) atoms. The predicted octanol–water partition coefficient (Wildman–Crippen LogP) is 3.01. The number of rotatable bonds is 2. The van der Waals surface area contributed by atoms with E-state index in [1.54, 1.807) is 30.3 Å². The van der Waals surface area contributed by atoms with Crippen LogP contribution in [0.4, 0.5) is 5.69 Å². The van der Waals surface area contributed by atoms with E-state index < -0.39 is 0 Å². The number of anilines is 1. The minimum absolute atomic E-state index is 0.00695. The molecule has 1 aliphatic rings. The number of hydrogen-bond donors (Lipinski definition) is 1. The van der Waals surface area contributed by atoms with Crippen LogP contribution in [0.1, 0.15) is 15.9 Å². The second-order valence-corrected chi connectivity index (χ2v) is 5.30. The summed E-state index contributed by atoms with van der Waals surface area (Å²) < 4.78 is 6.18. The molecule has 5 heteroatoms. The molecule has 0 radical (unpaired) electrons. The Morgan fingerprint density at radius 3 is 2.55 bits per heavy atom. The maximum absolute atomic E-state index is 12.4. The van der Waals surface area contributed by atoms with Gasteiger partial charge in [0, 0.05) is 15.6 Å². The third kappa shape index (κ3) is 2.44. The highest BCUT2D eigenvalue weighted by atomic mass is 79.9. The summed E-state index contributed by atoms with van der Waals surface area (Å²) in [7, 11) is 0. The zero-order valence-electron chi connectivity index (χ0n) is 10.4. The molecule has 0 unspecified atom stereocenters. The highest BCUT2D eigenvalue weighted by molar-refractivity contribution is 9.10. The van der Waals surface area contributed by atoms with Crippen LogP contribution in [0.5, 0.6) is 5.75 Å². The third-order valence-electron chi connectivity index (χ3n) is 2.98. The lowest BCUT2D eigenvalue weighted by atomic mass is 10.0. The number of ketones is 1. The maximum atomic E-state index is 12.4. The van der Waals surface area contributed by atoms with Crippen molar-refractivity contribution in [3.63, 3.8) is 0 Å². The normalized spacial score (nSPS) is 13.2. The fourth-order valence-corrected chi connectivity index (χ4v) is 2.26. The van der Waals surface area contributed by atoms with Gasteiger partial charge in [-0.1, -0.05) is 15.9 Å². The fraction of sp³-hybridized carbons (Fsp3) is 0.0667. The summed E-state index contributed by atoms with van der Waals surface area (Å²) in [4.78, 5) is 23.6. The van der Waals surface area contributed by atoms with E-state index in [0.29, 0.717) is 22.6 Å². The molecule has 0 atom stereocenters. The van der Waals surface area contributed by atoms with Crippen LogP contribution in [0.3, 0.4) is 0 Å². The highest BCUT2D eigenvalue weighted by Crippen LogP contribution is 2.29. The Morgan fingerprint density at radius 1 is 1.10 bits per heavy atom. The molecule has 1 heterocycles. The summed E-state index contributed by atoms with van der Waals surface area (Å²) in [6.07, 6.45) is 0. The van der Waals surface area contributed by atoms with Crippen molar-refractivity contribution in [2.75, 3.05) is 11.9 Å². The van der Waals surface area contributed by atoms with E-state index in [4.69, 9.17) is 4.74 Å². The standard InChI is InChI=1S/C15H10BrNO3/c16-11-4-1-9(2-5-11)15(19)10-3-6-13-12(7-10)17-14(18)8-20-13/h1-7H,8H2,(H,17,18). The zero-order valence-corrected chi connectivity index (χ0v) is 11.9. The topological polar surface area (TPSA) is 55.4 Å². The van der Waals surface area contributed by atoms with Crippen molar-refractivity contribution < 1.29 is 14.3 Å². The van der Waals surface area contributed by atoms with Gasteiger partial charge in [0.2, 0.25) is 0 Å². The lowest BCUT2D eigenvalue weighted by Crippen LogP contribution is -2.25. The van der Waals surface area contributed by atoms with Gasteiger partial charge in [0.05, 0.1) is 5.69 Å². The Labute approximate surface area is 123 Å². The van der Waals surface area contributed by atoms with E-state index in [1.807, 2.05) is 12.1 Å². The second-order valence-electron chi connectivity index (χ2n) is 4.38. The average molecular weight is 332 g/mol. The van der Waals surface area contributed by atoms with Gasteiger partial charge in [-0.3, -0.25) is 9.59 Å². The van der Waals surface area contributed by atoms with Gasteiger partial charge in [0.1, 0.15) is 5.75 Å². The lowest BCUT2D eigenvalue weighted by molar-refractivity contribution is -0.118. The van der Waals surface area contributed by atoms with Crippen LogP contribution in [0, 0.1) is 0 Å². The summed E-state index contributed by atoms with van der Waals surface area (Å²) >= 11 is 3.33. The highest BCUT2D eigenvalue weighted by Gasteiger charge is 2.18. The Morgan fingerprint density at radius 2 is 1.80 bits per heavy atom. The van der Waals surface area contributed by atoms with Gasteiger partial charge in [0.25, 0.3) is 5.91 Å². The van der Waals surface area contributed by atoms with Crippen LogP contribution in [0.25, 0.3) is 0 Å². The summed E-state index contributed by atoms with van der Waals surface area (Å²) in [5, 5.41) is 2.69. The van der Waals surface area contributed by atoms with Crippen LogP contribution < -0.4 is 10.1 Å². The molecule has 2 aromatic carbocycles. The molecule has 0 fully saturated rings. The SMILES string of the molecule is O=C1COc2ccc(C(=O)c3ccc(Br)cc3)cc2N1. The number of carbonyl (C=O) groups is 2. The molecular weight excluding hydrogens is 322 g/mol. The van der Waals surface area contributed by atoms with E-state index in [0.717, 1.165) is 4.47 Å². The Kier molecular flexibility index (Phi) is 3.28. The molecule has 1 N–H and O–H groups in total. The van der Waals surface area contributed by atoms with Crippen LogP contribution in [-0.4, -0.2) is 18.3 Å². The molecule has 0 bridgehead atoms. The number of amides is 1. The quantitative estimate of drug-likeness (QED) is 0.860. The van der Waals surface area contributed by atoms with Crippen molar-refractivity contribution in [2.45, 2.75) is 0 Å². The van der Waals surface area contributed by atoms with Gasteiger partial charge >= 0.3 is 0 Å². The fourth-order valence-electron chi connectivity index (χ4n) is 1.99. The van der Waals surface area contributed by atoms with Crippen LogP contribution >= 0.6 is 15.9 Å². The van der Waals surface area contributed by atoms with Crippen molar-refractivity contribution in [3.05, 3.63) is 58.1 Å². The largest absolute Gasteiger partial charge is 0.482 e. The van der Waals surface area contributed by atoms with Crippen molar-refractivity contribution in [1.29, 1.82) is 0 Å². The van der Waals surface area contributed by atoms with Crippen molar-refractivity contribution in [1.82, 2.24) is 0 Å². The summed E-state index contributed by atoms with van der Waals surface area (Å²) in [6.45, 7) is 0.00695. The Hall–Kier alpha value is -2.14. The molecule has 0 saturated heterocycles. The number of carbonyl (C=O) groups excluding carboxylic acids is 2. The zero-order chi connectivity index (χ0) is 14.1. The van der Waals surface area contributed by atoms with Gasteiger partial charge in [-0.25, -0.2) is 0 Å². The average Bonchev–Trinajstić information content (AvgIpc) is 2.46. The lowest BCUT2D eigenvalue weighted by Gasteiger charge is -2.18. The first-order chi connectivity index (χ1) is 9.63. The second kappa shape index (κ2) is 5.09. The monoisotopic (exact) mass is 331 g/mol. The minimum atomic E-state index is -0.217. The predicted molar refractivity (Wildman–Crippen MR) is 78.1 cm³/mol. The number of nitrogens with one attached hydrogen (secondary N) is 1. The molecule has 1 amide bonds. The van der Waals surface area contributed by atoms with E-state index in [1.165, 1.54) is 0 Å².